The van der Waals surface area contributed by atoms with Crippen molar-refractivity contribution in [1.29, 1.82) is 0 Å². The SMILES string of the molecule is COc1ccc(Cl)cc1N(CC(=O)N(Cc1c(Cl)cccc1Cl)[C@@H](Cc1ccccc1)C(=O)NC(C)C)S(C)(=O)=O. The molecule has 0 radical (unpaired) electrons. The van der Waals surface area contributed by atoms with Gasteiger partial charge in [-0.05, 0) is 49.7 Å². The lowest BCUT2D eigenvalue weighted by molar-refractivity contribution is -0.140. The van der Waals surface area contributed by atoms with E-state index < -0.39 is 34.4 Å². The molecule has 8 nitrogen and oxygen atoms in total. The Hall–Kier alpha value is -2.98. The number of methoxy groups -OCH3 is 1. The quantitative estimate of drug-likeness (QED) is 0.279. The first-order valence-corrected chi connectivity index (χ1v) is 15.7. The van der Waals surface area contributed by atoms with Crippen LogP contribution in [0.15, 0.2) is 66.7 Å². The number of benzene rings is 3. The monoisotopic (exact) mass is 639 g/mol. The van der Waals surface area contributed by atoms with Crippen LogP contribution in [0.1, 0.15) is 25.0 Å². The Morgan fingerprint density at radius 1 is 0.951 bits per heavy atom. The first-order chi connectivity index (χ1) is 19.3. The van der Waals surface area contributed by atoms with Crippen LogP contribution in [-0.4, -0.2) is 57.1 Å². The Morgan fingerprint density at radius 3 is 2.15 bits per heavy atom. The molecule has 0 saturated carbocycles. The van der Waals surface area contributed by atoms with Crippen LogP contribution in [0, 0.1) is 0 Å². The van der Waals surface area contributed by atoms with E-state index in [2.05, 4.69) is 5.32 Å². The summed E-state index contributed by atoms with van der Waals surface area (Å²) in [6.45, 7) is 2.83. The van der Waals surface area contributed by atoms with Gasteiger partial charge >= 0.3 is 0 Å². The summed E-state index contributed by atoms with van der Waals surface area (Å²) in [5, 5.41) is 3.74. The van der Waals surface area contributed by atoms with Crippen molar-refractivity contribution in [1.82, 2.24) is 10.2 Å². The van der Waals surface area contributed by atoms with Gasteiger partial charge < -0.3 is 15.0 Å². The third kappa shape index (κ3) is 8.75. The zero-order chi connectivity index (χ0) is 30.3. The Morgan fingerprint density at radius 2 is 1.59 bits per heavy atom. The number of carbonyl (C=O) groups is 2. The molecule has 2 amide bonds. The lowest BCUT2D eigenvalue weighted by Crippen LogP contribution is -2.54. The van der Waals surface area contributed by atoms with Crippen molar-refractivity contribution in [3.63, 3.8) is 0 Å². The largest absolute Gasteiger partial charge is 0.495 e. The van der Waals surface area contributed by atoms with Crippen LogP contribution in [0.5, 0.6) is 5.75 Å². The van der Waals surface area contributed by atoms with Gasteiger partial charge in [-0.1, -0.05) is 71.2 Å². The number of hydrogen-bond acceptors (Lipinski definition) is 5. The van der Waals surface area contributed by atoms with Gasteiger partial charge in [-0.2, -0.15) is 0 Å². The van der Waals surface area contributed by atoms with E-state index in [0.717, 1.165) is 16.1 Å². The molecular weight excluding hydrogens is 609 g/mol. The van der Waals surface area contributed by atoms with E-state index in [4.69, 9.17) is 39.5 Å². The molecule has 0 aromatic heterocycles. The molecule has 0 bridgehead atoms. The average Bonchev–Trinajstić information content (AvgIpc) is 2.90. The minimum absolute atomic E-state index is 0.0813. The third-order valence-corrected chi connectivity index (χ3v) is 8.25. The molecule has 0 unspecified atom stereocenters. The Kier molecular flexibility index (Phi) is 11.3. The van der Waals surface area contributed by atoms with Crippen LogP contribution in [0.4, 0.5) is 5.69 Å². The van der Waals surface area contributed by atoms with Gasteiger partial charge in [-0.15, -0.1) is 0 Å². The minimum atomic E-state index is -4.01. The topological polar surface area (TPSA) is 96.0 Å². The van der Waals surface area contributed by atoms with Crippen molar-refractivity contribution in [2.45, 2.75) is 38.9 Å². The molecule has 3 aromatic carbocycles. The van der Waals surface area contributed by atoms with Crippen molar-refractivity contribution in [2.24, 2.45) is 0 Å². The van der Waals surface area contributed by atoms with Gasteiger partial charge in [-0.3, -0.25) is 13.9 Å². The number of nitrogens with one attached hydrogen (secondary N) is 1. The van der Waals surface area contributed by atoms with Crippen LogP contribution < -0.4 is 14.4 Å². The number of nitrogens with zero attached hydrogens (tertiary/aromatic N) is 2. The van der Waals surface area contributed by atoms with E-state index >= 15 is 0 Å². The Bertz CT molecular complexity index is 1470. The molecule has 1 N–H and O–H groups in total. The minimum Gasteiger partial charge on any atom is -0.495 e. The zero-order valence-corrected chi connectivity index (χ0v) is 26.2. The first-order valence-electron chi connectivity index (χ1n) is 12.7. The first kappa shape index (κ1) is 32.5. The van der Waals surface area contributed by atoms with E-state index in [9.17, 15) is 18.0 Å². The van der Waals surface area contributed by atoms with Gasteiger partial charge in [0.2, 0.25) is 21.8 Å². The molecular formula is C29H32Cl3N3O5S. The smallest absolute Gasteiger partial charge is 0.244 e. The van der Waals surface area contributed by atoms with Gasteiger partial charge in [0.15, 0.2) is 0 Å². The molecule has 0 aliphatic carbocycles. The Balaban J connectivity index is 2.14. The number of halogens is 3. The molecule has 220 valence electrons. The highest BCUT2D eigenvalue weighted by Gasteiger charge is 2.34. The highest BCUT2D eigenvalue weighted by atomic mass is 35.5. The highest BCUT2D eigenvalue weighted by molar-refractivity contribution is 7.92. The number of rotatable bonds is 12. The zero-order valence-electron chi connectivity index (χ0n) is 23.1. The second-order valence-corrected chi connectivity index (χ2v) is 12.8. The third-order valence-electron chi connectivity index (χ3n) is 6.18. The summed E-state index contributed by atoms with van der Waals surface area (Å²) in [5.41, 5.74) is 1.31. The number of hydrogen-bond donors (Lipinski definition) is 1. The van der Waals surface area contributed by atoms with Crippen LogP contribution in [0.2, 0.25) is 15.1 Å². The predicted octanol–water partition coefficient (Wildman–Crippen LogP) is 5.59. The summed E-state index contributed by atoms with van der Waals surface area (Å²) in [4.78, 5) is 29.1. The molecule has 12 heteroatoms. The standard InChI is InChI=1S/C29H32Cl3N3O5S/c1-19(2)33-29(37)26(15-20-9-6-5-7-10-20)34(17-22-23(31)11-8-12-24(22)32)28(36)18-35(41(4,38)39)25-16-21(30)13-14-27(25)40-3/h5-14,16,19,26H,15,17-18H2,1-4H3,(H,33,37)/t26-/m0/s1. The molecule has 0 fully saturated rings. The van der Waals surface area contributed by atoms with E-state index in [0.29, 0.717) is 15.6 Å². The molecule has 0 heterocycles. The summed E-state index contributed by atoms with van der Waals surface area (Å²) in [7, 11) is -2.63. The van der Waals surface area contributed by atoms with Crippen LogP contribution in [0.25, 0.3) is 0 Å². The summed E-state index contributed by atoms with van der Waals surface area (Å²) < 4.78 is 32.3. The fourth-order valence-corrected chi connectivity index (χ4v) is 5.77. The maximum Gasteiger partial charge on any atom is 0.244 e. The summed E-state index contributed by atoms with van der Waals surface area (Å²) >= 11 is 19.1. The van der Waals surface area contributed by atoms with E-state index in [1.165, 1.54) is 24.1 Å². The van der Waals surface area contributed by atoms with Gasteiger partial charge in [-0.25, -0.2) is 8.42 Å². The van der Waals surface area contributed by atoms with Gasteiger partial charge in [0.1, 0.15) is 18.3 Å². The molecule has 3 aromatic rings. The molecule has 0 aliphatic heterocycles. The van der Waals surface area contributed by atoms with Crippen molar-refractivity contribution >= 4 is 62.3 Å². The van der Waals surface area contributed by atoms with E-state index in [1.807, 2.05) is 44.2 Å². The Labute approximate surface area is 256 Å². The maximum absolute atomic E-state index is 14.2. The number of ether oxygens (including phenoxy) is 1. The lowest BCUT2D eigenvalue weighted by atomic mass is 10.0. The highest BCUT2D eigenvalue weighted by Crippen LogP contribution is 2.33. The van der Waals surface area contributed by atoms with Gasteiger partial charge in [0.05, 0.1) is 19.1 Å². The van der Waals surface area contributed by atoms with Crippen molar-refractivity contribution in [2.75, 3.05) is 24.2 Å². The van der Waals surface area contributed by atoms with Crippen LogP contribution in [0.3, 0.4) is 0 Å². The normalized spacial score (nSPS) is 12.1. The molecule has 0 spiro atoms. The van der Waals surface area contributed by atoms with Crippen molar-refractivity contribution < 1.29 is 22.7 Å². The molecule has 1 atom stereocenters. The fourth-order valence-electron chi connectivity index (χ4n) is 4.24. The van der Waals surface area contributed by atoms with Crippen LogP contribution in [-0.2, 0) is 32.6 Å². The molecule has 41 heavy (non-hydrogen) atoms. The molecule has 0 saturated heterocycles. The lowest BCUT2D eigenvalue weighted by Gasteiger charge is -2.34. The molecule has 3 rings (SSSR count). The van der Waals surface area contributed by atoms with Crippen molar-refractivity contribution in [3.8, 4) is 5.75 Å². The second kappa shape index (κ2) is 14.3. The number of carbonyl (C=O) groups excluding carboxylic acids is 2. The second-order valence-electron chi connectivity index (χ2n) is 9.68. The average molecular weight is 641 g/mol. The van der Waals surface area contributed by atoms with Crippen LogP contribution >= 0.6 is 34.8 Å². The number of sulfonamides is 1. The summed E-state index contributed by atoms with van der Waals surface area (Å²) in [6, 6.07) is 17.4. The molecule has 0 aliphatic rings. The fraction of sp³-hybridized carbons (Fsp3) is 0.310. The van der Waals surface area contributed by atoms with E-state index in [1.54, 1.807) is 24.3 Å². The van der Waals surface area contributed by atoms with E-state index in [-0.39, 0.29) is 35.5 Å². The van der Waals surface area contributed by atoms with Gasteiger partial charge in [0, 0.05) is 39.6 Å². The maximum atomic E-state index is 14.2. The van der Waals surface area contributed by atoms with Gasteiger partial charge in [0.25, 0.3) is 0 Å². The summed E-state index contributed by atoms with van der Waals surface area (Å²) in [5.74, 6) is -0.869. The van der Waals surface area contributed by atoms with Crippen molar-refractivity contribution in [3.05, 3.63) is 92.9 Å². The number of anilines is 1. The summed E-state index contributed by atoms with van der Waals surface area (Å²) in [6.07, 6.45) is 1.13. The number of amides is 2. The predicted molar refractivity (Wildman–Crippen MR) is 164 cm³/mol.